The van der Waals surface area contributed by atoms with Gasteiger partial charge in [0.1, 0.15) is 12.4 Å². The molecule has 1 fully saturated rings. The number of rotatable bonds is 6. The summed E-state index contributed by atoms with van der Waals surface area (Å²) >= 11 is 0. The van der Waals surface area contributed by atoms with Gasteiger partial charge in [-0.1, -0.05) is 0 Å². The average molecular weight is 345 g/mol. The first-order valence-corrected chi connectivity index (χ1v) is 7.85. The molecule has 1 saturated heterocycles. The van der Waals surface area contributed by atoms with Crippen molar-refractivity contribution < 1.29 is 22.6 Å². The van der Waals surface area contributed by atoms with E-state index in [2.05, 4.69) is 15.6 Å². The SMILES string of the molecule is CN=C(NCCOc1ccc(C(F)(F)F)cc1)NCC1CCCO1. The highest BCUT2D eigenvalue weighted by molar-refractivity contribution is 5.79. The lowest BCUT2D eigenvalue weighted by Gasteiger charge is -2.15. The van der Waals surface area contributed by atoms with Crippen LogP contribution in [0, 0.1) is 0 Å². The zero-order valence-electron chi connectivity index (χ0n) is 13.5. The molecule has 0 radical (unpaired) electrons. The average Bonchev–Trinajstić information content (AvgIpc) is 3.07. The monoisotopic (exact) mass is 345 g/mol. The maximum atomic E-state index is 12.5. The molecule has 134 valence electrons. The van der Waals surface area contributed by atoms with E-state index in [-0.39, 0.29) is 6.10 Å². The van der Waals surface area contributed by atoms with Gasteiger partial charge >= 0.3 is 6.18 Å². The predicted molar refractivity (Wildman–Crippen MR) is 85.3 cm³/mol. The maximum absolute atomic E-state index is 12.5. The molecular formula is C16H22F3N3O2. The smallest absolute Gasteiger partial charge is 0.416 e. The molecule has 1 aromatic rings. The highest BCUT2D eigenvalue weighted by Gasteiger charge is 2.29. The fourth-order valence-corrected chi connectivity index (χ4v) is 2.31. The van der Waals surface area contributed by atoms with Crippen molar-refractivity contribution in [1.29, 1.82) is 0 Å². The summed E-state index contributed by atoms with van der Waals surface area (Å²) in [6, 6.07) is 4.64. The topological polar surface area (TPSA) is 54.9 Å². The van der Waals surface area contributed by atoms with E-state index in [1.807, 2.05) is 0 Å². The van der Waals surface area contributed by atoms with Crippen LogP contribution in [0.25, 0.3) is 0 Å². The Morgan fingerprint density at radius 2 is 2.04 bits per heavy atom. The highest BCUT2D eigenvalue weighted by atomic mass is 19.4. The van der Waals surface area contributed by atoms with Crippen LogP contribution in [0.5, 0.6) is 5.75 Å². The van der Waals surface area contributed by atoms with Crippen LogP contribution in [0.15, 0.2) is 29.3 Å². The van der Waals surface area contributed by atoms with Crippen molar-refractivity contribution in [1.82, 2.24) is 10.6 Å². The number of halogens is 3. The Bertz CT molecular complexity index is 526. The minimum Gasteiger partial charge on any atom is -0.492 e. The lowest BCUT2D eigenvalue weighted by atomic mass is 10.2. The van der Waals surface area contributed by atoms with Crippen LogP contribution >= 0.6 is 0 Å². The van der Waals surface area contributed by atoms with Crippen LogP contribution in [-0.4, -0.2) is 45.4 Å². The third-order valence-electron chi connectivity index (χ3n) is 3.59. The number of aliphatic imine (C=N–C) groups is 1. The summed E-state index contributed by atoms with van der Waals surface area (Å²) in [4.78, 5) is 4.09. The Hall–Kier alpha value is -1.96. The van der Waals surface area contributed by atoms with Gasteiger partial charge in [-0.15, -0.1) is 0 Å². The van der Waals surface area contributed by atoms with Gasteiger partial charge in [-0.2, -0.15) is 13.2 Å². The zero-order chi connectivity index (χ0) is 17.4. The van der Waals surface area contributed by atoms with E-state index in [1.54, 1.807) is 7.05 Å². The number of guanidine groups is 1. The molecule has 5 nitrogen and oxygen atoms in total. The van der Waals surface area contributed by atoms with Crippen LogP contribution in [-0.2, 0) is 10.9 Å². The van der Waals surface area contributed by atoms with Gasteiger partial charge in [-0.05, 0) is 37.1 Å². The van der Waals surface area contributed by atoms with Crippen molar-refractivity contribution >= 4 is 5.96 Å². The van der Waals surface area contributed by atoms with E-state index in [1.165, 1.54) is 12.1 Å². The Balaban J connectivity index is 1.65. The van der Waals surface area contributed by atoms with Crippen LogP contribution in [0.1, 0.15) is 18.4 Å². The molecule has 1 heterocycles. The van der Waals surface area contributed by atoms with Gasteiger partial charge in [0.2, 0.25) is 0 Å². The van der Waals surface area contributed by atoms with Gasteiger partial charge < -0.3 is 20.1 Å². The maximum Gasteiger partial charge on any atom is 0.416 e. The number of nitrogens with zero attached hydrogens (tertiary/aromatic N) is 1. The van der Waals surface area contributed by atoms with Gasteiger partial charge in [0.05, 0.1) is 18.2 Å². The largest absolute Gasteiger partial charge is 0.492 e. The van der Waals surface area contributed by atoms with Crippen molar-refractivity contribution in [3.63, 3.8) is 0 Å². The van der Waals surface area contributed by atoms with Gasteiger partial charge in [0.15, 0.2) is 5.96 Å². The molecule has 2 N–H and O–H groups in total. The molecule has 1 aliphatic rings. The Morgan fingerprint density at radius 3 is 2.62 bits per heavy atom. The molecule has 1 unspecified atom stereocenters. The number of hydrogen-bond acceptors (Lipinski definition) is 3. The summed E-state index contributed by atoms with van der Waals surface area (Å²) in [5.74, 6) is 1.04. The van der Waals surface area contributed by atoms with Crippen LogP contribution in [0.3, 0.4) is 0 Å². The van der Waals surface area contributed by atoms with Crippen LogP contribution in [0.2, 0.25) is 0 Å². The summed E-state index contributed by atoms with van der Waals surface area (Å²) in [6.45, 7) is 2.29. The highest BCUT2D eigenvalue weighted by Crippen LogP contribution is 2.30. The third-order valence-corrected chi connectivity index (χ3v) is 3.59. The van der Waals surface area contributed by atoms with Crippen LogP contribution in [0.4, 0.5) is 13.2 Å². The number of nitrogens with one attached hydrogen (secondary N) is 2. The number of ether oxygens (including phenoxy) is 2. The lowest BCUT2D eigenvalue weighted by molar-refractivity contribution is -0.137. The molecule has 1 aliphatic heterocycles. The zero-order valence-corrected chi connectivity index (χ0v) is 13.5. The minimum atomic E-state index is -4.33. The molecule has 1 aromatic carbocycles. The third kappa shape index (κ3) is 5.92. The molecule has 2 rings (SSSR count). The lowest BCUT2D eigenvalue weighted by Crippen LogP contribution is -2.42. The molecule has 0 bridgehead atoms. The fraction of sp³-hybridized carbons (Fsp3) is 0.562. The van der Waals surface area contributed by atoms with E-state index < -0.39 is 11.7 Å². The van der Waals surface area contributed by atoms with Crippen molar-refractivity contribution in [2.75, 3.05) is 33.4 Å². The molecule has 0 saturated carbocycles. The van der Waals surface area contributed by atoms with Crippen molar-refractivity contribution in [3.8, 4) is 5.75 Å². The minimum absolute atomic E-state index is 0.215. The summed E-state index contributed by atoms with van der Waals surface area (Å²) in [5, 5.41) is 6.25. The first kappa shape index (κ1) is 18.4. The van der Waals surface area contributed by atoms with E-state index in [0.29, 0.717) is 31.4 Å². The van der Waals surface area contributed by atoms with Gasteiger partial charge in [0, 0.05) is 20.2 Å². The van der Waals surface area contributed by atoms with Crippen LogP contribution < -0.4 is 15.4 Å². The molecule has 0 aliphatic carbocycles. The quantitative estimate of drug-likeness (QED) is 0.472. The second-order valence-corrected chi connectivity index (χ2v) is 5.39. The van der Waals surface area contributed by atoms with Crippen molar-refractivity contribution in [2.24, 2.45) is 4.99 Å². The Morgan fingerprint density at radius 1 is 1.29 bits per heavy atom. The Kier molecular flexibility index (Phi) is 6.72. The van der Waals surface area contributed by atoms with E-state index in [4.69, 9.17) is 9.47 Å². The van der Waals surface area contributed by atoms with Crippen molar-refractivity contribution in [3.05, 3.63) is 29.8 Å². The standard InChI is InChI=1S/C16H22F3N3O2/c1-20-15(22-11-14-3-2-9-23-14)21-8-10-24-13-6-4-12(5-7-13)16(17,18)19/h4-7,14H,2-3,8-11H2,1H3,(H2,20,21,22). The fourth-order valence-electron chi connectivity index (χ4n) is 2.31. The van der Waals surface area contributed by atoms with Gasteiger partial charge in [0.25, 0.3) is 0 Å². The second-order valence-electron chi connectivity index (χ2n) is 5.39. The molecule has 1 atom stereocenters. The first-order chi connectivity index (χ1) is 11.5. The molecule has 0 amide bonds. The summed E-state index contributed by atoms with van der Waals surface area (Å²) in [6.07, 6.45) is -1.99. The first-order valence-electron chi connectivity index (χ1n) is 7.85. The van der Waals surface area contributed by atoms with Gasteiger partial charge in [-0.3, -0.25) is 4.99 Å². The van der Waals surface area contributed by atoms with E-state index in [0.717, 1.165) is 31.6 Å². The molecule has 0 spiro atoms. The molecule has 0 aromatic heterocycles. The number of benzene rings is 1. The van der Waals surface area contributed by atoms with E-state index in [9.17, 15) is 13.2 Å². The summed E-state index contributed by atoms with van der Waals surface area (Å²) in [5.41, 5.74) is -0.688. The molecular weight excluding hydrogens is 323 g/mol. The van der Waals surface area contributed by atoms with Gasteiger partial charge in [-0.25, -0.2) is 0 Å². The van der Waals surface area contributed by atoms with Crippen molar-refractivity contribution in [2.45, 2.75) is 25.1 Å². The Labute approximate surface area is 139 Å². The number of hydrogen-bond donors (Lipinski definition) is 2. The molecule has 24 heavy (non-hydrogen) atoms. The number of alkyl halides is 3. The second kappa shape index (κ2) is 8.77. The molecule has 8 heteroatoms. The predicted octanol–water partition coefficient (Wildman–Crippen LogP) is 2.43. The summed E-state index contributed by atoms with van der Waals surface area (Å²) < 4.78 is 48.3. The normalized spacial score (nSPS) is 18.5. The summed E-state index contributed by atoms with van der Waals surface area (Å²) in [7, 11) is 1.67. The van der Waals surface area contributed by atoms with E-state index >= 15 is 0 Å².